The van der Waals surface area contributed by atoms with Crippen LogP contribution in [0.15, 0.2) is 92.7 Å². The van der Waals surface area contributed by atoms with Crippen molar-refractivity contribution in [3.8, 4) is 22.8 Å². The molecule has 2 heterocycles. The van der Waals surface area contributed by atoms with E-state index in [2.05, 4.69) is 45.6 Å². The van der Waals surface area contributed by atoms with Crippen molar-refractivity contribution in [3.05, 3.63) is 98.6 Å². The highest BCUT2D eigenvalue weighted by Crippen LogP contribution is 2.32. The number of ether oxygens (including phenoxy) is 2. The summed E-state index contributed by atoms with van der Waals surface area (Å²) in [5.74, 6) is 1.51. The highest BCUT2D eigenvalue weighted by Gasteiger charge is 2.15. The lowest BCUT2D eigenvalue weighted by molar-refractivity contribution is 0.174. The first-order valence-electron chi connectivity index (χ1n) is 10.1. The third-order valence-corrected chi connectivity index (χ3v) is 6.49. The highest BCUT2D eigenvalue weighted by atomic mass is 79.9. The average molecular weight is 506 g/mol. The molecule has 0 saturated carbocycles. The van der Waals surface area contributed by atoms with E-state index >= 15 is 0 Å². The fourth-order valence-electron chi connectivity index (χ4n) is 3.39. The van der Waals surface area contributed by atoms with Crippen LogP contribution in [0.3, 0.4) is 0 Å². The lowest BCUT2D eigenvalue weighted by atomic mass is 10.1. The standard InChI is InChI=1S/C25H20BrN3O2S/c1-17(20-9-12-23-24(13-20)31-16-30-23)28-29-22(19-7-10-21(26)11-8-19)15-32-25(29)27-14-18-5-3-2-4-6-18/h2-13,15H,14,16H2,1H3/b27-25?,28-17+. The number of hydrogen-bond acceptors (Lipinski definition) is 5. The van der Waals surface area contributed by atoms with Gasteiger partial charge in [0, 0.05) is 21.0 Å². The van der Waals surface area contributed by atoms with Gasteiger partial charge >= 0.3 is 0 Å². The second-order valence-corrected chi connectivity index (χ2v) is 9.03. The first-order chi connectivity index (χ1) is 15.7. The van der Waals surface area contributed by atoms with Gasteiger partial charge in [-0.15, -0.1) is 11.3 Å². The van der Waals surface area contributed by atoms with Gasteiger partial charge in [0.05, 0.1) is 18.0 Å². The molecule has 0 aliphatic carbocycles. The molecule has 32 heavy (non-hydrogen) atoms. The second-order valence-electron chi connectivity index (χ2n) is 7.28. The first kappa shape index (κ1) is 20.7. The fourth-order valence-corrected chi connectivity index (χ4v) is 4.49. The van der Waals surface area contributed by atoms with Crippen LogP contribution < -0.4 is 14.3 Å². The van der Waals surface area contributed by atoms with Crippen LogP contribution in [0.4, 0.5) is 0 Å². The van der Waals surface area contributed by atoms with Gasteiger partial charge in [-0.3, -0.25) is 4.99 Å². The van der Waals surface area contributed by atoms with Crippen molar-refractivity contribution in [2.45, 2.75) is 13.5 Å². The van der Waals surface area contributed by atoms with E-state index in [0.717, 1.165) is 48.9 Å². The summed E-state index contributed by atoms with van der Waals surface area (Å²) in [7, 11) is 0. The van der Waals surface area contributed by atoms with Gasteiger partial charge in [-0.2, -0.15) is 5.10 Å². The van der Waals surface area contributed by atoms with E-state index in [1.165, 1.54) is 0 Å². The number of benzene rings is 3. The topological polar surface area (TPSA) is 48.1 Å². The lowest BCUT2D eigenvalue weighted by Crippen LogP contribution is -2.14. The normalized spacial score (nSPS) is 13.6. The molecule has 160 valence electrons. The van der Waals surface area contributed by atoms with Crippen LogP contribution >= 0.6 is 27.3 Å². The number of hydrogen-bond donors (Lipinski definition) is 0. The number of nitrogens with zero attached hydrogens (tertiary/aromatic N) is 3. The Morgan fingerprint density at radius 2 is 1.78 bits per heavy atom. The van der Waals surface area contributed by atoms with E-state index in [4.69, 9.17) is 19.6 Å². The Bertz CT molecular complexity index is 1340. The number of halogens is 1. The van der Waals surface area contributed by atoms with Crippen LogP contribution in [-0.2, 0) is 6.54 Å². The van der Waals surface area contributed by atoms with E-state index in [1.807, 2.05) is 60.1 Å². The Kier molecular flexibility index (Phi) is 5.92. The Labute approximate surface area is 198 Å². The summed E-state index contributed by atoms with van der Waals surface area (Å²) in [6.07, 6.45) is 0. The maximum atomic E-state index is 5.54. The Morgan fingerprint density at radius 1 is 1.00 bits per heavy atom. The van der Waals surface area contributed by atoms with Gasteiger partial charge in [-0.25, -0.2) is 4.68 Å². The van der Waals surface area contributed by atoms with Crippen molar-refractivity contribution in [1.29, 1.82) is 0 Å². The van der Waals surface area contributed by atoms with E-state index in [0.29, 0.717) is 6.54 Å². The molecule has 0 amide bonds. The summed E-state index contributed by atoms with van der Waals surface area (Å²) >= 11 is 5.10. The molecule has 5 rings (SSSR count). The van der Waals surface area contributed by atoms with Gasteiger partial charge in [-0.05, 0) is 42.8 Å². The first-order valence-corrected chi connectivity index (χ1v) is 11.8. The number of thiazole rings is 1. The largest absolute Gasteiger partial charge is 0.454 e. The van der Waals surface area contributed by atoms with E-state index in [9.17, 15) is 0 Å². The van der Waals surface area contributed by atoms with E-state index in [1.54, 1.807) is 11.3 Å². The number of rotatable bonds is 5. The minimum atomic E-state index is 0.254. The molecule has 0 N–H and O–H groups in total. The van der Waals surface area contributed by atoms with Crippen LogP contribution in [0.5, 0.6) is 11.5 Å². The van der Waals surface area contributed by atoms with Crippen molar-refractivity contribution < 1.29 is 9.47 Å². The average Bonchev–Trinajstić information content (AvgIpc) is 3.45. The summed E-state index contributed by atoms with van der Waals surface area (Å²) < 4.78 is 13.9. The van der Waals surface area contributed by atoms with Crippen molar-refractivity contribution in [1.82, 2.24) is 4.68 Å². The fraction of sp³-hybridized carbons (Fsp3) is 0.120. The summed E-state index contributed by atoms with van der Waals surface area (Å²) in [6, 6.07) is 24.4. The minimum absolute atomic E-state index is 0.254. The minimum Gasteiger partial charge on any atom is -0.454 e. The summed E-state index contributed by atoms with van der Waals surface area (Å²) in [6.45, 7) is 2.85. The molecule has 0 bridgehead atoms. The molecule has 1 aromatic heterocycles. The highest BCUT2D eigenvalue weighted by molar-refractivity contribution is 9.10. The molecule has 5 nitrogen and oxygen atoms in total. The molecule has 0 spiro atoms. The predicted octanol–water partition coefficient (Wildman–Crippen LogP) is 6.08. The SMILES string of the molecule is C/C(=N\n1c(-c2ccc(Br)cc2)csc1=NCc1ccccc1)c1ccc2c(c1)OCO2. The van der Waals surface area contributed by atoms with Crippen molar-refractivity contribution >= 4 is 33.0 Å². The van der Waals surface area contributed by atoms with Gasteiger partial charge in [-0.1, -0.05) is 58.4 Å². The summed E-state index contributed by atoms with van der Waals surface area (Å²) in [5, 5.41) is 7.07. The molecule has 0 unspecified atom stereocenters. The molecule has 1 aliphatic heterocycles. The summed E-state index contributed by atoms with van der Waals surface area (Å²) in [4.78, 5) is 5.70. The van der Waals surface area contributed by atoms with Crippen LogP contribution in [0.1, 0.15) is 18.1 Å². The van der Waals surface area contributed by atoms with Gasteiger partial charge < -0.3 is 9.47 Å². The molecule has 7 heteroatoms. The smallest absolute Gasteiger partial charge is 0.231 e. The van der Waals surface area contributed by atoms with Gasteiger partial charge in [0.15, 0.2) is 11.5 Å². The van der Waals surface area contributed by atoms with Crippen LogP contribution in [0.2, 0.25) is 0 Å². The zero-order valence-corrected chi connectivity index (χ0v) is 19.8. The molecule has 0 saturated heterocycles. The maximum Gasteiger partial charge on any atom is 0.231 e. The van der Waals surface area contributed by atoms with Gasteiger partial charge in [0.25, 0.3) is 0 Å². The Hall–Kier alpha value is -3.16. The van der Waals surface area contributed by atoms with Crippen LogP contribution in [0.25, 0.3) is 11.3 Å². The zero-order valence-electron chi connectivity index (χ0n) is 17.4. The molecule has 3 aromatic carbocycles. The molecular formula is C25H20BrN3O2S. The molecule has 4 aromatic rings. The van der Waals surface area contributed by atoms with E-state index < -0.39 is 0 Å². The van der Waals surface area contributed by atoms with Crippen LogP contribution in [-0.4, -0.2) is 17.2 Å². The number of aromatic nitrogens is 1. The molecule has 0 atom stereocenters. The maximum absolute atomic E-state index is 5.54. The Balaban J connectivity index is 1.58. The van der Waals surface area contributed by atoms with Crippen molar-refractivity contribution in [2.75, 3.05) is 6.79 Å². The lowest BCUT2D eigenvalue weighted by Gasteiger charge is -2.07. The molecular weight excluding hydrogens is 486 g/mol. The van der Waals surface area contributed by atoms with Gasteiger partial charge in [0.1, 0.15) is 0 Å². The molecule has 0 radical (unpaired) electrons. The van der Waals surface area contributed by atoms with E-state index in [-0.39, 0.29) is 6.79 Å². The number of fused-ring (bicyclic) bond motifs is 1. The monoisotopic (exact) mass is 505 g/mol. The quantitative estimate of drug-likeness (QED) is 0.308. The predicted molar refractivity (Wildman–Crippen MR) is 131 cm³/mol. The summed E-state index contributed by atoms with van der Waals surface area (Å²) in [5.41, 5.74) is 5.07. The molecule has 1 aliphatic rings. The third kappa shape index (κ3) is 4.40. The molecule has 0 fully saturated rings. The van der Waals surface area contributed by atoms with Crippen LogP contribution in [0, 0.1) is 0 Å². The Morgan fingerprint density at radius 3 is 2.59 bits per heavy atom. The van der Waals surface area contributed by atoms with Gasteiger partial charge in [0.2, 0.25) is 11.6 Å². The second kappa shape index (κ2) is 9.14. The van der Waals surface area contributed by atoms with Crippen molar-refractivity contribution in [3.63, 3.8) is 0 Å². The van der Waals surface area contributed by atoms with Crippen molar-refractivity contribution in [2.24, 2.45) is 10.1 Å². The third-order valence-electron chi connectivity index (χ3n) is 5.11. The zero-order chi connectivity index (χ0) is 21.9.